The van der Waals surface area contributed by atoms with E-state index in [0.29, 0.717) is 11.8 Å². The van der Waals surface area contributed by atoms with Crippen LogP contribution in [-0.4, -0.2) is 11.7 Å². The number of nitrogens with one attached hydrogen (secondary N) is 1. The van der Waals surface area contributed by atoms with Gasteiger partial charge >= 0.3 is 0 Å². The van der Waals surface area contributed by atoms with Crippen LogP contribution in [0.5, 0.6) is 5.75 Å². The second kappa shape index (κ2) is 10.0. The summed E-state index contributed by atoms with van der Waals surface area (Å²) in [4.78, 5) is 0. The number of hydrogen-bond donors (Lipinski definition) is 2. The lowest BCUT2D eigenvalue weighted by Gasteiger charge is -2.21. The van der Waals surface area contributed by atoms with Crippen LogP contribution in [0.3, 0.4) is 0 Å². The number of benzene rings is 3. The zero-order valence-electron chi connectivity index (χ0n) is 15.0. The van der Waals surface area contributed by atoms with Gasteiger partial charge in [-0.1, -0.05) is 78.9 Å². The zero-order valence-corrected chi connectivity index (χ0v) is 15.8. The van der Waals surface area contributed by atoms with Gasteiger partial charge in [0.05, 0.1) is 0 Å². The Kier molecular flexibility index (Phi) is 7.71. The normalized spacial score (nSPS) is 12.8. The Morgan fingerprint density at radius 2 is 1.31 bits per heavy atom. The molecule has 3 aromatic rings. The molecule has 0 spiro atoms. The Balaban J connectivity index is 0.00000243. The van der Waals surface area contributed by atoms with E-state index in [9.17, 15) is 5.11 Å². The molecule has 0 saturated heterocycles. The Morgan fingerprint density at radius 3 is 1.92 bits per heavy atom. The monoisotopic (exact) mass is 367 g/mol. The zero-order chi connectivity index (χ0) is 17.5. The summed E-state index contributed by atoms with van der Waals surface area (Å²) < 4.78 is 0. The van der Waals surface area contributed by atoms with E-state index in [0.717, 1.165) is 18.5 Å². The predicted octanol–water partition coefficient (Wildman–Crippen LogP) is 5.69. The lowest BCUT2D eigenvalue weighted by Crippen LogP contribution is -2.21. The largest absolute Gasteiger partial charge is 0.508 e. The van der Waals surface area contributed by atoms with Gasteiger partial charge in [0.15, 0.2) is 0 Å². The maximum absolute atomic E-state index is 10.3. The third-order valence-electron chi connectivity index (χ3n) is 4.70. The average Bonchev–Trinajstić information content (AvgIpc) is 2.67. The lowest BCUT2D eigenvalue weighted by atomic mass is 9.88. The first-order valence-electron chi connectivity index (χ1n) is 8.87. The van der Waals surface area contributed by atoms with Gasteiger partial charge < -0.3 is 10.4 Å². The van der Waals surface area contributed by atoms with Gasteiger partial charge in [-0.05, 0) is 37.1 Å². The molecule has 0 fully saturated rings. The highest BCUT2D eigenvalue weighted by Crippen LogP contribution is 2.33. The van der Waals surface area contributed by atoms with Crippen molar-refractivity contribution < 1.29 is 5.11 Å². The number of hydrogen-bond acceptors (Lipinski definition) is 2. The van der Waals surface area contributed by atoms with Gasteiger partial charge in [0.25, 0.3) is 0 Å². The van der Waals surface area contributed by atoms with Crippen LogP contribution in [0.2, 0.25) is 0 Å². The molecule has 0 aromatic heterocycles. The van der Waals surface area contributed by atoms with Crippen LogP contribution < -0.4 is 5.32 Å². The van der Waals surface area contributed by atoms with Crippen molar-refractivity contribution >= 4 is 12.4 Å². The maximum atomic E-state index is 10.3. The smallest absolute Gasteiger partial charge is 0.119 e. The van der Waals surface area contributed by atoms with Crippen molar-refractivity contribution in [2.24, 2.45) is 0 Å². The van der Waals surface area contributed by atoms with Gasteiger partial charge in [0, 0.05) is 17.5 Å². The van der Waals surface area contributed by atoms with Gasteiger partial charge in [-0.3, -0.25) is 0 Å². The minimum absolute atomic E-state index is 0. The molecule has 2 atom stereocenters. The quantitative estimate of drug-likeness (QED) is 0.562. The number of phenolic OH excluding ortho intramolecular Hbond substituents is 1. The molecule has 0 amide bonds. The Hall–Kier alpha value is -2.29. The van der Waals surface area contributed by atoms with Gasteiger partial charge in [-0.25, -0.2) is 0 Å². The van der Waals surface area contributed by atoms with E-state index in [2.05, 4.69) is 60.8 Å². The van der Waals surface area contributed by atoms with Gasteiger partial charge in [0.2, 0.25) is 0 Å². The molecule has 3 heteroatoms. The number of para-hydroxylation sites is 1. The van der Waals surface area contributed by atoms with Crippen LogP contribution in [-0.2, 0) is 0 Å². The molecule has 0 radical (unpaired) electrons. The molecule has 136 valence electrons. The van der Waals surface area contributed by atoms with Crippen LogP contribution in [0.4, 0.5) is 0 Å². The van der Waals surface area contributed by atoms with Crippen molar-refractivity contribution in [1.82, 2.24) is 5.32 Å². The highest BCUT2D eigenvalue weighted by atomic mass is 35.5. The molecule has 3 rings (SSSR count). The summed E-state index contributed by atoms with van der Waals surface area (Å²) in [6.07, 6.45) is 0.929. The molecule has 3 aromatic carbocycles. The van der Waals surface area contributed by atoms with E-state index >= 15 is 0 Å². The van der Waals surface area contributed by atoms with Gasteiger partial charge in [-0.2, -0.15) is 0 Å². The molecule has 2 N–H and O–H groups in total. The molecule has 0 saturated carbocycles. The molecular weight excluding hydrogens is 342 g/mol. The third kappa shape index (κ3) is 5.10. The van der Waals surface area contributed by atoms with E-state index in [-0.39, 0.29) is 18.3 Å². The van der Waals surface area contributed by atoms with Crippen molar-refractivity contribution in [3.8, 4) is 5.75 Å². The molecule has 2 unspecified atom stereocenters. The van der Waals surface area contributed by atoms with Crippen molar-refractivity contribution in [2.75, 3.05) is 6.54 Å². The van der Waals surface area contributed by atoms with Gasteiger partial charge in [-0.15, -0.1) is 12.4 Å². The summed E-state index contributed by atoms with van der Waals surface area (Å²) in [5.74, 6) is 0.547. The second-order valence-electron chi connectivity index (χ2n) is 6.40. The predicted molar refractivity (Wildman–Crippen MR) is 111 cm³/mol. The van der Waals surface area contributed by atoms with E-state index in [1.54, 1.807) is 6.07 Å². The summed E-state index contributed by atoms with van der Waals surface area (Å²) in [6.45, 7) is 3.07. The summed E-state index contributed by atoms with van der Waals surface area (Å²) in [5, 5.41) is 13.9. The van der Waals surface area contributed by atoms with Crippen LogP contribution in [0, 0.1) is 0 Å². The summed E-state index contributed by atoms with van der Waals surface area (Å²) in [7, 11) is 0. The van der Waals surface area contributed by atoms with E-state index in [4.69, 9.17) is 0 Å². The molecule has 0 aliphatic heterocycles. The fourth-order valence-corrected chi connectivity index (χ4v) is 3.27. The number of aromatic hydroxyl groups is 1. The van der Waals surface area contributed by atoms with Crippen molar-refractivity contribution in [3.05, 3.63) is 102 Å². The van der Waals surface area contributed by atoms with Gasteiger partial charge in [0.1, 0.15) is 5.75 Å². The lowest BCUT2D eigenvalue weighted by molar-refractivity contribution is 0.459. The maximum Gasteiger partial charge on any atom is 0.119 e. The minimum atomic E-state index is 0. The molecule has 26 heavy (non-hydrogen) atoms. The molecule has 2 nitrogen and oxygen atoms in total. The topological polar surface area (TPSA) is 32.3 Å². The van der Waals surface area contributed by atoms with Crippen LogP contribution >= 0.6 is 12.4 Å². The molecule has 0 aliphatic rings. The van der Waals surface area contributed by atoms with E-state index in [1.807, 2.05) is 30.3 Å². The first kappa shape index (κ1) is 20.0. The first-order valence-corrected chi connectivity index (χ1v) is 8.87. The van der Waals surface area contributed by atoms with Crippen molar-refractivity contribution in [2.45, 2.75) is 25.3 Å². The molecule has 0 bridgehead atoms. The van der Waals surface area contributed by atoms with Crippen LogP contribution in [0.25, 0.3) is 0 Å². The molecular formula is C23H26ClNO. The fraction of sp³-hybridized carbons (Fsp3) is 0.217. The Bertz CT molecular complexity index is 776. The minimum Gasteiger partial charge on any atom is -0.508 e. The van der Waals surface area contributed by atoms with Crippen molar-refractivity contribution in [1.29, 1.82) is 0 Å². The Labute approximate surface area is 162 Å². The SMILES string of the molecule is CC(NCCC(c1ccccc1)c1ccccc1O)c1ccccc1.Cl. The van der Waals surface area contributed by atoms with E-state index < -0.39 is 0 Å². The van der Waals surface area contributed by atoms with E-state index in [1.165, 1.54) is 11.1 Å². The number of rotatable bonds is 7. The number of halogens is 1. The average molecular weight is 368 g/mol. The summed E-state index contributed by atoms with van der Waals surface area (Å²) in [5.41, 5.74) is 3.52. The summed E-state index contributed by atoms with van der Waals surface area (Å²) >= 11 is 0. The fourth-order valence-electron chi connectivity index (χ4n) is 3.27. The molecule has 0 heterocycles. The highest BCUT2D eigenvalue weighted by molar-refractivity contribution is 5.85. The standard InChI is InChI=1S/C23H25NO.ClH/c1-18(19-10-4-2-5-11-19)24-17-16-21(20-12-6-3-7-13-20)22-14-8-9-15-23(22)25;/h2-15,18,21,24-25H,16-17H2,1H3;1H. The molecule has 0 aliphatic carbocycles. The van der Waals surface area contributed by atoms with Crippen molar-refractivity contribution in [3.63, 3.8) is 0 Å². The third-order valence-corrected chi connectivity index (χ3v) is 4.70. The Morgan fingerprint density at radius 1 is 0.769 bits per heavy atom. The number of phenols is 1. The first-order chi connectivity index (χ1) is 12.3. The summed E-state index contributed by atoms with van der Waals surface area (Å²) in [6, 6.07) is 28.9. The second-order valence-corrected chi connectivity index (χ2v) is 6.40. The van der Waals surface area contributed by atoms with Crippen LogP contribution in [0.1, 0.15) is 42.0 Å². The van der Waals surface area contributed by atoms with Crippen LogP contribution in [0.15, 0.2) is 84.9 Å². The highest BCUT2D eigenvalue weighted by Gasteiger charge is 2.17.